The van der Waals surface area contributed by atoms with Crippen LogP contribution in [-0.4, -0.2) is 24.2 Å². The Morgan fingerprint density at radius 3 is 2.88 bits per heavy atom. The van der Waals surface area contributed by atoms with E-state index in [1.807, 2.05) is 30.3 Å². The lowest BCUT2D eigenvalue weighted by Gasteiger charge is -2.09. The van der Waals surface area contributed by atoms with Crippen molar-refractivity contribution in [2.24, 2.45) is 5.16 Å². The van der Waals surface area contributed by atoms with Gasteiger partial charge in [0.25, 0.3) is 0 Å². The maximum Gasteiger partial charge on any atom is 0.177 e. The molecule has 0 N–H and O–H groups in total. The summed E-state index contributed by atoms with van der Waals surface area (Å²) >= 11 is 0. The van der Waals surface area contributed by atoms with Gasteiger partial charge in [-0.25, -0.2) is 0 Å². The molecule has 0 fully saturated rings. The zero-order valence-corrected chi connectivity index (χ0v) is 9.76. The molecule has 1 aliphatic rings. The van der Waals surface area contributed by atoms with Gasteiger partial charge in [-0.05, 0) is 12.1 Å². The van der Waals surface area contributed by atoms with Crippen LogP contribution in [0.4, 0.5) is 0 Å². The zero-order chi connectivity index (χ0) is 12.1. The van der Waals surface area contributed by atoms with Crippen molar-refractivity contribution in [3.63, 3.8) is 0 Å². The van der Waals surface area contributed by atoms with Crippen molar-refractivity contribution in [1.29, 1.82) is 0 Å². The molecule has 17 heavy (non-hydrogen) atoms. The second-order valence-corrected chi connectivity index (χ2v) is 3.98. The summed E-state index contributed by atoms with van der Waals surface area (Å²) in [6, 6.07) is 9.62. The van der Waals surface area contributed by atoms with Gasteiger partial charge in [0.2, 0.25) is 0 Å². The van der Waals surface area contributed by atoms with Crippen molar-refractivity contribution < 1.29 is 14.4 Å². The summed E-state index contributed by atoms with van der Waals surface area (Å²) in [6.07, 6.45) is 1.29. The molecule has 1 unspecified atom stereocenters. The van der Waals surface area contributed by atoms with E-state index in [1.165, 1.54) is 6.92 Å². The number of carbonyl (C=O) groups excluding carboxylic acids is 1. The lowest BCUT2D eigenvalue weighted by molar-refractivity contribution is -0.111. The number of para-hydroxylation sites is 1. The van der Waals surface area contributed by atoms with Crippen LogP contribution in [0.1, 0.15) is 19.8 Å². The molecule has 1 heterocycles. The lowest BCUT2D eigenvalue weighted by atomic mass is 10.1. The third-order valence-corrected chi connectivity index (χ3v) is 2.59. The Bertz CT molecular complexity index is 414. The molecule has 1 aromatic rings. The number of ketones is 1. The van der Waals surface area contributed by atoms with Gasteiger partial charge < -0.3 is 9.57 Å². The predicted molar refractivity (Wildman–Crippen MR) is 64.2 cm³/mol. The molecular weight excluding hydrogens is 218 g/mol. The van der Waals surface area contributed by atoms with Gasteiger partial charge >= 0.3 is 0 Å². The number of ether oxygens (including phenoxy) is 1. The van der Waals surface area contributed by atoms with Crippen LogP contribution in [0.2, 0.25) is 0 Å². The van der Waals surface area contributed by atoms with Crippen molar-refractivity contribution >= 4 is 11.5 Å². The molecule has 0 saturated heterocycles. The maximum absolute atomic E-state index is 11.0. The van der Waals surface area contributed by atoms with Gasteiger partial charge in [-0.3, -0.25) is 4.79 Å². The smallest absolute Gasteiger partial charge is 0.177 e. The van der Waals surface area contributed by atoms with E-state index >= 15 is 0 Å². The van der Waals surface area contributed by atoms with E-state index < -0.39 is 0 Å². The van der Waals surface area contributed by atoms with E-state index in [4.69, 9.17) is 9.57 Å². The summed E-state index contributed by atoms with van der Waals surface area (Å²) in [5.41, 5.74) is 0.523. The summed E-state index contributed by atoms with van der Waals surface area (Å²) in [5, 5.41) is 3.75. The van der Waals surface area contributed by atoms with Crippen molar-refractivity contribution in [2.45, 2.75) is 25.9 Å². The number of carbonyl (C=O) groups is 1. The van der Waals surface area contributed by atoms with E-state index in [-0.39, 0.29) is 11.9 Å². The minimum Gasteiger partial charge on any atom is -0.493 e. The number of hydrogen-bond acceptors (Lipinski definition) is 4. The van der Waals surface area contributed by atoms with Crippen LogP contribution in [0, 0.1) is 0 Å². The summed E-state index contributed by atoms with van der Waals surface area (Å²) in [5.74, 6) is 0.828. The Labute approximate surface area is 100 Å². The van der Waals surface area contributed by atoms with Crippen molar-refractivity contribution in [2.75, 3.05) is 6.61 Å². The monoisotopic (exact) mass is 233 g/mol. The first-order chi connectivity index (χ1) is 8.25. The summed E-state index contributed by atoms with van der Waals surface area (Å²) < 4.78 is 5.55. The Balaban J connectivity index is 1.70. The van der Waals surface area contributed by atoms with Crippen molar-refractivity contribution in [3.05, 3.63) is 30.3 Å². The SMILES string of the molecule is CC(=O)C1=NOC(CCOc2ccccc2)C1. The van der Waals surface area contributed by atoms with E-state index in [2.05, 4.69) is 5.16 Å². The molecular formula is C13H15NO3. The van der Waals surface area contributed by atoms with Gasteiger partial charge in [-0.15, -0.1) is 0 Å². The minimum atomic E-state index is -0.0300. The topological polar surface area (TPSA) is 47.9 Å². The highest BCUT2D eigenvalue weighted by atomic mass is 16.6. The number of rotatable bonds is 5. The minimum absolute atomic E-state index is 0.0172. The second kappa shape index (κ2) is 5.48. The highest BCUT2D eigenvalue weighted by Crippen LogP contribution is 2.15. The highest BCUT2D eigenvalue weighted by Gasteiger charge is 2.23. The fourth-order valence-corrected chi connectivity index (χ4v) is 1.62. The molecule has 1 aromatic carbocycles. The van der Waals surface area contributed by atoms with E-state index in [0.29, 0.717) is 18.7 Å². The van der Waals surface area contributed by atoms with E-state index in [9.17, 15) is 4.79 Å². The lowest BCUT2D eigenvalue weighted by Crippen LogP contribution is -2.15. The van der Waals surface area contributed by atoms with Gasteiger partial charge in [0.1, 0.15) is 17.6 Å². The van der Waals surface area contributed by atoms with Crippen LogP contribution in [0.25, 0.3) is 0 Å². The largest absolute Gasteiger partial charge is 0.493 e. The molecule has 0 spiro atoms. The number of nitrogens with zero attached hydrogens (tertiary/aromatic N) is 1. The molecule has 1 aliphatic heterocycles. The molecule has 0 radical (unpaired) electrons. The van der Waals surface area contributed by atoms with Crippen LogP contribution in [0.5, 0.6) is 5.75 Å². The van der Waals surface area contributed by atoms with Crippen molar-refractivity contribution in [3.8, 4) is 5.75 Å². The van der Waals surface area contributed by atoms with E-state index in [1.54, 1.807) is 0 Å². The molecule has 0 amide bonds. The maximum atomic E-state index is 11.0. The number of oxime groups is 1. The third-order valence-electron chi connectivity index (χ3n) is 2.59. The van der Waals surface area contributed by atoms with Crippen LogP contribution in [0.3, 0.4) is 0 Å². The standard InChI is InChI=1S/C13H15NO3/c1-10(15)13-9-12(17-14-13)7-8-16-11-5-3-2-4-6-11/h2-6,12H,7-9H2,1H3. The number of hydrogen-bond donors (Lipinski definition) is 0. The fraction of sp³-hybridized carbons (Fsp3) is 0.385. The van der Waals surface area contributed by atoms with Gasteiger partial charge in [0, 0.05) is 19.8 Å². The first kappa shape index (κ1) is 11.6. The summed E-state index contributed by atoms with van der Waals surface area (Å²) in [4.78, 5) is 16.2. The van der Waals surface area contributed by atoms with Gasteiger partial charge in [0.15, 0.2) is 5.78 Å². The average molecular weight is 233 g/mol. The highest BCUT2D eigenvalue weighted by molar-refractivity contribution is 6.39. The quantitative estimate of drug-likeness (QED) is 0.783. The molecule has 0 bridgehead atoms. The molecule has 0 aliphatic carbocycles. The predicted octanol–water partition coefficient (Wildman–Crippen LogP) is 2.19. The van der Waals surface area contributed by atoms with Crippen LogP contribution < -0.4 is 4.74 Å². The Kier molecular flexibility index (Phi) is 3.75. The number of Topliss-reactive ketones (excluding diaryl/α,β-unsaturated/α-hetero) is 1. The molecule has 0 aromatic heterocycles. The average Bonchev–Trinajstić information content (AvgIpc) is 2.79. The third kappa shape index (κ3) is 3.31. The zero-order valence-electron chi connectivity index (χ0n) is 9.76. The first-order valence-electron chi connectivity index (χ1n) is 5.67. The van der Waals surface area contributed by atoms with Crippen molar-refractivity contribution in [1.82, 2.24) is 0 Å². The van der Waals surface area contributed by atoms with Gasteiger partial charge in [-0.2, -0.15) is 0 Å². The molecule has 90 valence electrons. The molecule has 1 atom stereocenters. The fourth-order valence-electron chi connectivity index (χ4n) is 1.62. The first-order valence-corrected chi connectivity index (χ1v) is 5.67. The summed E-state index contributed by atoms with van der Waals surface area (Å²) in [7, 11) is 0. The Hall–Kier alpha value is -1.84. The van der Waals surface area contributed by atoms with E-state index in [0.717, 1.165) is 12.2 Å². The number of benzene rings is 1. The molecule has 4 nitrogen and oxygen atoms in total. The molecule has 4 heteroatoms. The van der Waals surface area contributed by atoms with Crippen LogP contribution >= 0.6 is 0 Å². The van der Waals surface area contributed by atoms with Gasteiger partial charge in [0.05, 0.1) is 6.61 Å². The van der Waals surface area contributed by atoms with Gasteiger partial charge in [-0.1, -0.05) is 23.4 Å². The van der Waals surface area contributed by atoms with Crippen LogP contribution in [-0.2, 0) is 9.63 Å². The molecule has 0 saturated carbocycles. The summed E-state index contributed by atoms with van der Waals surface area (Å²) in [6.45, 7) is 2.07. The van der Waals surface area contributed by atoms with Crippen LogP contribution in [0.15, 0.2) is 35.5 Å². The Morgan fingerprint density at radius 1 is 1.47 bits per heavy atom. The Morgan fingerprint density at radius 2 is 2.24 bits per heavy atom. The molecule has 2 rings (SSSR count). The second-order valence-electron chi connectivity index (χ2n) is 3.98. The normalized spacial score (nSPS) is 18.4.